The predicted octanol–water partition coefficient (Wildman–Crippen LogP) is 5.19. The molecule has 0 saturated carbocycles. The number of amides is 1. The Morgan fingerprint density at radius 2 is 1.85 bits per heavy atom. The SMILES string of the molecule is Cc1cc(/C(O)=C2\C(=O)C(=O)N(c3cccc(F)c3)C2c2ccncc2)ccc1OCC(C)C. The molecule has 7 heteroatoms. The van der Waals surface area contributed by atoms with Crippen LogP contribution in [0.3, 0.4) is 0 Å². The van der Waals surface area contributed by atoms with Crippen LogP contribution < -0.4 is 9.64 Å². The first kappa shape index (κ1) is 23.2. The van der Waals surface area contributed by atoms with Gasteiger partial charge in [-0.05, 0) is 72.5 Å². The van der Waals surface area contributed by atoms with Crippen LogP contribution in [0.25, 0.3) is 5.76 Å². The van der Waals surface area contributed by atoms with Crippen molar-refractivity contribution in [3.8, 4) is 5.75 Å². The second kappa shape index (κ2) is 9.47. The lowest BCUT2D eigenvalue weighted by atomic mass is 9.95. The number of benzene rings is 2. The number of carbonyl (C=O) groups is 2. The maximum absolute atomic E-state index is 14.0. The molecule has 1 aliphatic heterocycles. The summed E-state index contributed by atoms with van der Waals surface area (Å²) >= 11 is 0. The highest BCUT2D eigenvalue weighted by Crippen LogP contribution is 2.42. The van der Waals surface area contributed by atoms with Gasteiger partial charge in [-0.2, -0.15) is 0 Å². The van der Waals surface area contributed by atoms with E-state index in [0.717, 1.165) is 5.56 Å². The number of carbonyl (C=O) groups excluding carboxylic acids is 2. The third-order valence-electron chi connectivity index (χ3n) is 5.57. The molecular formula is C27H25FN2O4. The Morgan fingerprint density at radius 1 is 1.12 bits per heavy atom. The third-order valence-corrected chi connectivity index (χ3v) is 5.57. The lowest BCUT2D eigenvalue weighted by Gasteiger charge is -2.25. The van der Waals surface area contributed by atoms with Crippen LogP contribution in [0, 0.1) is 18.7 Å². The Balaban J connectivity index is 1.84. The van der Waals surface area contributed by atoms with Crippen molar-refractivity contribution in [2.75, 3.05) is 11.5 Å². The quantitative estimate of drug-likeness (QED) is 0.311. The number of aryl methyl sites for hydroxylation is 1. The molecule has 3 aromatic rings. The number of ether oxygens (including phenoxy) is 1. The number of aliphatic hydroxyl groups excluding tert-OH is 1. The van der Waals surface area contributed by atoms with Crippen molar-refractivity contribution in [2.45, 2.75) is 26.8 Å². The smallest absolute Gasteiger partial charge is 0.300 e. The fourth-order valence-electron chi connectivity index (χ4n) is 3.96. The van der Waals surface area contributed by atoms with E-state index in [2.05, 4.69) is 4.98 Å². The molecule has 34 heavy (non-hydrogen) atoms. The zero-order valence-corrected chi connectivity index (χ0v) is 19.2. The molecule has 174 valence electrons. The Hall–Kier alpha value is -4.00. The minimum absolute atomic E-state index is 0.0734. The van der Waals surface area contributed by atoms with Crippen molar-refractivity contribution >= 4 is 23.1 Å². The number of ketones is 1. The van der Waals surface area contributed by atoms with Crippen LogP contribution in [0.4, 0.5) is 10.1 Å². The zero-order valence-electron chi connectivity index (χ0n) is 19.2. The topological polar surface area (TPSA) is 79.7 Å². The lowest BCUT2D eigenvalue weighted by molar-refractivity contribution is -0.132. The molecule has 1 atom stereocenters. The highest BCUT2D eigenvalue weighted by atomic mass is 19.1. The normalized spacial score (nSPS) is 17.4. The fourth-order valence-corrected chi connectivity index (χ4v) is 3.96. The highest BCUT2D eigenvalue weighted by Gasteiger charge is 2.47. The molecule has 1 aromatic heterocycles. The summed E-state index contributed by atoms with van der Waals surface area (Å²) in [5.74, 6) is -1.51. The summed E-state index contributed by atoms with van der Waals surface area (Å²) in [7, 11) is 0. The summed E-state index contributed by atoms with van der Waals surface area (Å²) in [6.45, 7) is 6.49. The van der Waals surface area contributed by atoms with E-state index in [1.165, 1.54) is 35.5 Å². The van der Waals surface area contributed by atoms with Crippen LogP contribution in [0.2, 0.25) is 0 Å². The Bertz CT molecular complexity index is 1270. The van der Waals surface area contributed by atoms with Crippen LogP contribution in [0.5, 0.6) is 5.75 Å². The van der Waals surface area contributed by atoms with Gasteiger partial charge in [0.2, 0.25) is 0 Å². The van der Waals surface area contributed by atoms with Crippen LogP contribution in [0.15, 0.2) is 72.6 Å². The van der Waals surface area contributed by atoms with Crippen molar-refractivity contribution < 1.29 is 23.8 Å². The molecule has 1 aliphatic rings. The molecule has 6 nitrogen and oxygen atoms in total. The summed E-state index contributed by atoms with van der Waals surface area (Å²) < 4.78 is 19.8. The van der Waals surface area contributed by atoms with E-state index in [9.17, 15) is 19.1 Å². The first-order valence-electron chi connectivity index (χ1n) is 11.0. The second-order valence-electron chi connectivity index (χ2n) is 8.61. The van der Waals surface area contributed by atoms with Crippen molar-refractivity contribution in [1.29, 1.82) is 0 Å². The molecule has 2 aromatic carbocycles. The molecule has 1 saturated heterocycles. The molecule has 0 aliphatic carbocycles. The van der Waals surface area contributed by atoms with Gasteiger partial charge in [0.15, 0.2) is 0 Å². The number of aromatic nitrogens is 1. The monoisotopic (exact) mass is 460 g/mol. The van der Waals surface area contributed by atoms with Gasteiger partial charge in [0.1, 0.15) is 17.3 Å². The van der Waals surface area contributed by atoms with Crippen LogP contribution >= 0.6 is 0 Å². The van der Waals surface area contributed by atoms with Crippen molar-refractivity contribution in [2.24, 2.45) is 5.92 Å². The number of rotatable bonds is 6. The van der Waals surface area contributed by atoms with Crippen LogP contribution in [0.1, 0.15) is 36.6 Å². The van der Waals surface area contributed by atoms with E-state index in [1.807, 2.05) is 20.8 Å². The fraction of sp³-hybridized carbons (Fsp3) is 0.222. The molecular weight excluding hydrogens is 435 g/mol. The largest absolute Gasteiger partial charge is 0.507 e. The minimum atomic E-state index is -0.943. The highest BCUT2D eigenvalue weighted by molar-refractivity contribution is 6.51. The van der Waals surface area contributed by atoms with Gasteiger partial charge in [0.25, 0.3) is 11.7 Å². The molecule has 2 heterocycles. The molecule has 1 fully saturated rings. The van der Waals surface area contributed by atoms with Crippen molar-refractivity contribution in [3.63, 3.8) is 0 Å². The first-order chi connectivity index (χ1) is 16.3. The average molecular weight is 461 g/mol. The Kier molecular flexibility index (Phi) is 6.45. The lowest BCUT2D eigenvalue weighted by Crippen LogP contribution is -2.29. The number of pyridine rings is 1. The van der Waals surface area contributed by atoms with Gasteiger partial charge in [0.05, 0.1) is 18.2 Å². The van der Waals surface area contributed by atoms with Crippen molar-refractivity contribution in [1.82, 2.24) is 4.98 Å². The zero-order chi connectivity index (χ0) is 24.4. The van der Waals surface area contributed by atoms with E-state index in [4.69, 9.17) is 4.74 Å². The van der Waals surface area contributed by atoms with E-state index >= 15 is 0 Å². The van der Waals surface area contributed by atoms with E-state index in [0.29, 0.717) is 29.4 Å². The molecule has 1 amide bonds. The van der Waals surface area contributed by atoms with Crippen LogP contribution in [-0.4, -0.2) is 28.4 Å². The number of Topliss-reactive ketones (excluding diaryl/α,β-unsaturated/α-hetero) is 1. The van der Waals surface area contributed by atoms with Crippen molar-refractivity contribution in [3.05, 3.63) is 95.1 Å². The summed E-state index contributed by atoms with van der Waals surface area (Å²) in [6.07, 6.45) is 3.07. The van der Waals surface area contributed by atoms with Gasteiger partial charge in [-0.25, -0.2) is 4.39 Å². The molecule has 0 bridgehead atoms. The number of hydrogen-bond donors (Lipinski definition) is 1. The maximum Gasteiger partial charge on any atom is 0.300 e. The Morgan fingerprint density at radius 3 is 2.50 bits per heavy atom. The first-order valence-corrected chi connectivity index (χ1v) is 11.0. The van der Waals surface area contributed by atoms with Gasteiger partial charge in [-0.15, -0.1) is 0 Å². The molecule has 4 rings (SSSR count). The number of nitrogens with zero attached hydrogens (tertiary/aromatic N) is 2. The van der Waals surface area contributed by atoms with Gasteiger partial charge in [0, 0.05) is 23.6 Å². The summed E-state index contributed by atoms with van der Waals surface area (Å²) in [4.78, 5) is 31.5. The van der Waals surface area contributed by atoms with Gasteiger partial charge in [-0.1, -0.05) is 19.9 Å². The number of aliphatic hydroxyl groups is 1. The summed E-state index contributed by atoms with van der Waals surface area (Å²) in [5, 5.41) is 11.2. The van der Waals surface area contributed by atoms with E-state index < -0.39 is 23.5 Å². The number of halogens is 1. The third kappa shape index (κ3) is 4.41. The summed E-state index contributed by atoms with van der Waals surface area (Å²) in [6, 6.07) is 12.9. The van der Waals surface area contributed by atoms with Gasteiger partial charge >= 0.3 is 0 Å². The number of anilines is 1. The summed E-state index contributed by atoms with van der Waals surface area (Å²) in [5.41, 5.74) is 1.87. The molecule has 0 radical (unpaired) electrons. The molecule has 0 spiro atoms. The van der Waals surface area contributed by atoms with Gasteiger partial charge < -0.3 is 9.84 Å². The number of hydrogen-bond acceptors (Lipinski definition) is 5. The molecule has 1 unspecified atom stereocenters. The molecule has 1 N–H and O–H groups in total. The predicted molar refractivity (Wildman–Crippen MR) is 127 cm³/mol. The Labute approximate surface area is 197 Å². The maximum atomic E-state index is 14.0. The average Bonchev–Trinajstić information content (AvgIpc) is 3.08. The van der Waals surface area contributed by atoms with E-state index in [-0.39, 0.29) is 17.0 Å². The van der Waals surface area contributed by atoms with E-state index in [1.54, 1.807) is 36.4 Å². The second-order valence-corrected chi connectivity index (χ2v) is 8.61. The van der Waals surface area contributed by atoms with Crippen LogP contribution in [-0.2, 0) is 9.59 Å². The standard InChI is InChI=1S/C27H25FN2O4/c1-16(2)15-34-22-8-7-19(13-17(22)3)25(31)23-24(18-9-11-29-12-10-18)30(27(33)26(23)32)21-6-4-5-20(28)14-21/h4-14,16,24,31H,15H2,1-3H3/b25-23+. The van der Waals surface area contributed by atoms with Gasteiger partial charge in [-0.3, -0.25) is 19.5 Å². The minimum Gasteiger partial charge on any atom is -0.507 e.